The zero-order chi connectivity index (χ0) is 17.5. The smallest absolute Gasteiger partial charge is 0.416 e. The molecule has 0 saturated heterocycles. The van der Waals surface area contributed by atoms with Gasteiger partial charge in [0, 0.05) is 17.7 Å². The third-order valence-corrected chi connectivity index (χ3v) is 3.41. The molecule has 0 aliphatic rings. The van der Waals surface area contributed by atoms with Crippen LogP contribution in [-0.2, 0) is 6.18 Å². The molecule has 0 atom stereocenters. The van der Waals surface area contributed by atoms with Crippen molar-refractivity contribution in [2.45, 2.75) is 6.18 Å². The Balaban J connectivity index is 2.27. The van der Waals surface area contributed by atoms with E-state index in [-0.39, 0.29) is 22.3 Å². The van der Waals surface area contributed by atoms with Crippen molar-refractivity contribution < 1.29 is 22.5 Å². The van der Waals surface area contributed by atoms with E-state index in [0.717, 1.165) is 24.3 Å². The number of hydrogen-bond donors (Lipinski definition) is 0. The lowest BCUT2D eigenvalue weighted by molar-refractivity contribution is -0.383. The number of nitrogens with zero attached hydrogens (tertiary/aromatic N) is 1. The SMILES string of the molecule is O=c1cc(-c2cccc(C(F)(F)F)c2)oc2c([N+](=O)[O-])cccc12. The maximum atomic E-state index is 12.8. The van der Waals surface area contributed by atoms with Crippen LogP contribution in [0.5, 0.6) is 0 Å². The van der Waals surface area contributed by atoms with Gasteiger partial charge in [-0.1, -0.05) is 18.2 Å². The maximum Gasteiger partial charge on any atom is 0.416 e. The van der Waals surface area contributed by atoms with Crippen molar-refractivity contribution in [1.29, 1.82) is 0 Å². The quantitative estimate of drug-likeness (QED) is 0.514. The number of halogens is 3. The molecule has 0 amide bonds. The molecule has 1 aromatic heterocycles. The van der Waals surface area contributed by atoms with E-state index in [0.29, 0.717) is 0 Å². The standard InChI is InChI=1S/C16H8F3NO4/c17-16(18,19)10-4-1-3-9(7-10)14-8-13(21)11-5-2-6-12(20(22)23)15(11)24-14/h1-8H. The van der Waals surface area contributed by atoms with E-state index in [1.165, 1.54) is 24.3 Å². The molecule has 2 aromatic carbocycles. The Morgan fingerprint density at radius 1 is 1.04 bits per heavy atom. The van der Waals surface area contributed by atoms with Gasteiger partial charge in [0.2, 0.25) is 5.58 Å². The summed E-state index contributed by atoms with van der Waals surface area (Å²) in [7, 11) is 0. The van der Waals surface area contributed by atoms with Gasteiger partial charge in [0.25, 0.3) is 0 Å². The van der Waals surface area contributed by atoms with E-state index in [4.69, 9.17) is 4.42 Å². The molecular weight excluding hydrogens is 327 g/mol. The molecule has 0 unspecified atom stereocenters. The fraction of sp³-hybridized carbons (Fsp3) is 0.0625. The summed E-state index contributed by atoms with van der Waals surface area (Å²) >= 11 is 0. The van der Waals surface area contributed by atoms with Gasteiger partial charge in [-0.15, -0.1) is 0 Å². The Hall–Kier alpha value is -3.16. The van der Waals surface area contributed by atoms with E-state index < -0.39 is 27.8 Å². The van der Waals surface area contributed by atoms with Crippen molar-refractivity contribution in [3.8, 4) is 11.3 Å². The molecular formula is C16H8F3NO4. The molecule has 0 spiro atoms. The molecule has 5 nitrogen and oxygen atoms in total. The number of nitro benzene ring substituents is 1. The Kier molecular flexibility index (Phi) is 3.59. The summed E-state index contributed by atoms with van der Waals surface area (Å²) < 4.78 is 43.8. The molecule has 3 rings (SSSR count). The minimum absolute atomic E-state index is 0.00183. The minimum atomic E-state index is -4.56. The van der Waals surface area contributed by atoms with Gasteiger partial charge < -0.3 is 4.42 Å². The van der Waals surface area contributed by atoms with Gasteiger partial charge in [0.05, 0.1) is 15.9 Å². The van der Waals surface area contributed by atoms with Crippen molar-refractivity contribution in [2.24, 2.45) is 0 Å². The van der Waals surface area contributed by atoms with E-state index >= 15 is 0 Å². The van der Waals surface area contributed by atoms with E-state index in [2.05, 4.69) is 0 Å². The van der Waals surface area contributed by atoms with Crippen LogP contribution in [0, 0.1) is 10.1 Å². The first-order valence-corrected chi connectivity index (χ1v) is 6.66. The highest BCUT2D eigenvalue weighted by atomic mass is 19.4. The van der Waals surface area contributed by atoms with Crippen LogP contribution in [0.4, 0.5) is 18.9 Å². The molecule has 0 saturated carbocycles. The maximum absolute atomic E-state index is 12.8. The molecule has 0 radical (unpaired) electrons. The molecule has 0 aliphatic carbocycles. The van der Waals surface area contributed by atoms with Gasteiger partial charge in [-0.25, -0.2) is 0 Å². The summed E-state index contributed by atoms with van der Waals surface area (Å²) in [6.45, 7) is 0. The van der Waals surface area contributed by atoms with Crippen molar-refractivity contribution in [1.82, 2.24) is 0 Å². The first-order chi connectivity index (χ1) is 11.3. The zero-order valence-electron chi connectivity index (χ0n) is 11.8. The highest BCUT2D eigenvalue weighted by molar-refractivity contribution is 5.86. The third kappa shape index (κ3) is 2.73. The summed E-state index contributed by atoms with van der Waals surface area (Å²) in [5.74, 6) is -0.173. The lowest BCUT2D eigenvalue weighted by atomic mass is 10.1. The number of para-hydroxylation sites is 1. The van der Waals surface area contributed by atoms with Gasteiger partial charge in [-0.3, -0.25) is 14.9 Å². The number of nitro groups is 1. The largest absolute Gasteiger partial charge is 0.449 e. The zero-order valence-corrected chi connectivity index (χ0v) is 11.8. The van der Waals surface area contributed by atoms with Gasteiger partial charge in [0.1, 0.15) is 5.76 Å². The molecule has 3 aromatic rings. The molecule has 0 N–H and O–H groups in total. The van der Waals surface area contributed by atoms with Crippen molar-refractivity contribution in [3.63, 3.8) is 0 Å². The Morgan fingerprint density at radius 3 is 2.42 bits per heavy atom. The molecule has 1 heterocycles. The monoisotopic (exact) mass is 335 g/mol. The van der Waals surface area contributed by atoms with Crippen LogP contribution in [0.2, 0.25) is 0 Å². The number of non-ortho nitro benzene ring substituents is 1. The second-order valence-corrected chi connectivity index (χ2v) is 4.96. The Labute approximate surface area is 132 Å². The van der Waals surface area contributed by atoms with Gasteiger partial charge in [-0.2, -0.15) is 13.2 Å². The number of benzene rings is 2. The number of hydrogen-bond acceptors (Lipinski definition) is 4. The second-order valence-electron chi connectivity index (χ2n) is 4.96. The predicted octanol–water partition coefficient (Wildman–Crippen LogP) is 4.39. The lowest BCUT2D eigenvalue weighted by Crippen LogP contribution is -2.05. The highest BCUT2D eigenvalue weighted by Crippen LogP contribution is 2.33. The topological polar surface area (TPSA) is 73.3 Å². The average Bonchev–Trinajstić information content (AvgIpc) is 2.53. The first kappa shape index (κ1) is 15.7. The molecule has 122 valence electrons. The molecule has 0 aliphatic heterocycles. The van der Waals surface area contributed by atoms with Crippen LogP contribution in [0.25, 0.3) is 22.3 Å². The average molecular weight is 335 g/mol. The summed E-state index contributed by atoms with van der Waals surface area (Å²) in [6, 6.07) is 9.05. The third-order valence-electron chi connectivity index (χ3n) is 3.41. The molecule has 0 bridgehead atoms. The van der Waals surface area contributed by atoms with E-state index in [9.17, 15) is 28.1 Å². The fourth-order valence-corrected chi connectivity index (χ4v) is 2.30. The van der Waals surface area contributed by atoms with Crippen LogP contribution in [-0.4, -0.2) is 4.92 Å². The predicted molar refractivity (Wildman–Crippen MR) is 79.6 cm³/mol. The van der Waals surface area contributed by atoms with Crippen molar-refractivity contribution in [2.75, 3.05) is 0 Å². The van der Waals surface area contributed by atoms with Crippen LogP contribution in [0.1, 0.15) is 5.56 Å². The molecule has 24 heavy (non-hydrogen) atoms. The van der Waals surface area contributed by atoms with Gasteiger partial charge >= 0.3 is 11.9 Å². The first-order valence-electron chi connectivity index (χ1n) is 6.66. The fourth-order valence-electron chi connectivity index (χ4n) is 2.30. The summed E-state index contributed by atoms with van der Waals surface area (Å²) in [5.41, 5.74) is -2.19. The van der Waals surface area contributed by atoms with Crippen molar-refractivity contribution in [3.05, 3.63) is 74.4 Å². The molecule has 8 heteroatoms. The van der Waals surface area contributed by atoms with Crippen LogP contribution >= 0.6 is 0 Å². The highest BCUT2D eigenvalue weighted by Gasteiger charge is 2.30. The minimum Gasteiger partial charge on any atom is -0.449 e. The summed E-state index contributed by atoms with van der Waals surface area (Å²) in [4.78, 5) is 22.5. The second kappa shape index (κ2) is 5.48. The summed E-state index contributed by atoms with van der Waals surface area (Å²) in [5, 5.41) is 11.0. The van der Waals surface area contributed by atoms with Crippen LogP contribution in [0.3, 0.4) is 0 Å². The number of alkyl halides is 3. The number of rotatable bonds is 2. The number of fused-ring (bicyclic) bond motifs is 1. The normalized spacial score (nSPS) is 11.6. The summed E-state index contributed by atoms with van der Waals surface area (Å²) in [6.07, 6.45) is -4.56. The van der Waals surface area contributed by atoms with Crippen LogP contribution < -0.4 is 5.43 Å². The van der Waals surface area contributed by atoms with E-state index in [1.54, 1.807) is 0 Å². The van der Waals surface area contributed by atoms with E-state index in [1.807, 2.05) is 0 Å². The van der Waals surface area contributed by atoms with Gasteiger partial charge in [-0.05, 0) is 18.2 Å². The lowest BCUT2D eigenvalue weighted by Gasteiger charge is -2.08. The van der Waals surface area contributed by atoms with Gasteiger partial charge in [0.15, 0.2) is 5.43 Å². The van der Waals surface area contributed by atoms with Crippen LogP contribution in [0.15, 0.2) is 57.7 Å². The Bertz CT molecular complexity index is 1010. The molecule has 0 fully saturated rings. The van der Waals surface area contributed by atoms with Crippen molar-refractivity contribution >= 4 is 16.7 Å². The Morgan fingerprint density at radius 2 is 1.75 bits per heavy atom.